The smallest absolute Gasteiger partial charge is 0.261 e. The molecule has 0 unspecified atom stereocenters. The Bertz CT molecular complexity index is 1040. The molecule has 0 radical (unpaired) electrons. The standard InChI is InChI=1S/C27H34FN3O5/c1-34-21-17-22(35-2)25(23(18-21)36-3)27(33)31-15-11-19(12-16-31)7-4-5-13-29-24(32)10-9-20-8-6-14-30-26(20)28/h6,8-10,14,17-19H,4-5,7,11-13,15-16H2,1-3H3,(H,29,32)/b10-9+. The SMILES string of the molecule is COc1cc(OC)c(C(=O)N2CCC(CCCCNC(=O)/C=C/c3cccnc3F)CC2)c(OC)c1. The van der Waals surface area contributed by atoms with E-state index in [1.165, 1.54) is 32.6 Å². The maximum absolute atomic E-state index is 13.5. The van der Waals surface area contributed by atoms with Gasteiger partial charge in [-0.05, 0) is 43.4 Å². The fourth-order valence-electron chi connectivity index (χ4n) is 4.32. The third-order valence-electron chi connectivity index (χ3n) is 6.37. The molecule has 0 aliphatic carbocycles. The monoisotopic (exact) mass is 499 g/mol. The van der Waals surface area contributed by atoms with Gasteiger partial charge in [0.1, 0.15) is 22.8 Å². The number of halogens is 1. The number of ether oxygens (including phenoxy) is 3. The van der Waals surface area contributed by atoms with Crippen molar-refractivity contribution in [1.29, 1.82) is 0 Å². The van der Waals surface area contributed by atoms with Crippen molar-refractivity contribution in [3.63, 3.8) is 0 Å². The van der Waals surface area contributed by atoms with E-state index in [0.717, 1.165) is 32.1 Å². The number of unbranched alkanes of at least 4 members (excludes halogenated alkanes) is 1. The molecule has 1 aliphatic rings. The molecule has 1 aromatic carbocycles. The molecule has 1 saturated heterocycles. The van der Waals surface area contributed by atoms with Gasteiger partial charge in [-0.25, -0.2) is 4.98 Å². The second-order valence-electron chi connectivity index (χ2n) is 8.65. The molecule has 9 heteroatoms. The number of hydrogen-bond donors (Lipinski definition) is 1. The maximum Gasteiger partial charge on any atom is 0.261 e. The lowest BCUT2D eigenvalue weighted by atomic mass is 9.91. The summed E-state index contributed by atoms with van der Waals surface area (Å²) in [6, 6.07) is 6.56. The number of methoxy groups -OCH3 is 3. The van der Waals surface area contributed by atoms with Crippen LogP contribution in [0.3, 0.4) is 0 Å². The summed E-state index contributed by atoms with van der Waals surface area (Å²) in [7, 11) is 4.60. The second kappa shape index (κ2) is 13.5. The quantitative estimate of drug-likeness (QED) is 0.285. The molecule has 36 heavy (non-hydrogen) atoms. The molecule has 194 valence electrons. The van der Waals surface area contributed by atoms with Crippen LogP contribution in [-0.2, 0) is 4.79 Å². The van der Waals surface area contributed by atoms with Crippen LogP contribution in [0.5, 0.6) is 17.2 Å². The number of nitrogens with one attached hydrogen (secondary N) is 1. The minimum absolute atomic E-state index is 0.105. The zero-order chi connectivity index (χ0) is 25.9. The second-order valence-corrected chi connectivity index (χ2v) is 8.65. The Morgan fingerprint density at radius 3 is 2.42 bits per heavy atom. The average molecular weight is 500 g/mol. The summed E-state index contributed by atoms with van der Waals surface area (Å²) in [5.41, 5.74) is 0.691. The van der Waals surface area contributed by atoms with Gasteiger partial charge in [0, 0.05) is 49.6 Å². The first-order valence-electron chi connectivity index (χ1n) is 12.1. The van der Waals surface area contributed by atoms with Crippen LogP contribution < -0.4 is 19.5 Å². The van der Waals surface area contributed by atoms with Crippen molar-refractivity contribution in [2.24, 2.45) is 5.92 Å². The molecule has 1 fully saturated rings. The number of carbonyl (C=O) groups is 2. The van der Waals surface area contributed by atoms with Crippen LogP contribution in [-0.4, -0.2) is 62.7 Å². The number of benzene rings is 1. The molecule has 1 N–H and O–H groups in total. The van der Waals surface area contributed by atoms with Crippen molar-refractivity contribution < 1.29 is 28.2 Å². The van der Waals surface area contributed by atoms with Crippen LogP contribution in [0, 0.1) is 11.9 Å². The van der Waals surface area contributed by atoms with Gasteiger partial charge in [0.25, 0.3) is 5.91 Å². The lowest BCUT2D eigenvalue weighted by Crippen LogP contribution is -2.38. The number of carbonyl (C=O) groups excluding carboxylic acids is 2. The molecule has 2 amide bonds. The number of amides is 2. The van der Waals surface area contributed by atoms with Crippen molar-refractivity contribution in [1.82, 2.24) is 15.2 Å². The van der Waals surface area contributed by atoms with Gasteiger partial charge in [-0.3, -0.25) is 9.59 Å². The summed E-state index contributed by atoms with van der Waals surface area (Å²) in [6.07, 6.45) is 8.85. The van der Waals surface area contributed by atoms with E-state index in [4.69, 9.17) is 14.2 Å². The highest BCUT2D eigenvalue weighted by molar-refractivity contribution is 6.00. The molecule has 0 bridgehead atoms. The summed E-state index contributed by atoms with van der Waals surface area (Å²) in [5, 5.41) is 2.83. The van der Waals surface area contributed by atoms with Crippen LogP contribution in [0.1, 0.15) is 48.0 Å². The summed E-state index contributed by atoms with van der Waals surface area (Å²) in [6.45, 7) is 1.91. The van der Waals surface area contributed by atoms with Gasteiger partial charge in [0.15, 0.2) is 0 Å². The zero-order valence-corrected chi connectivity index (χ0v) is 21.1. The molecule has 2 heterocycles. The van der Waals surface area contributed by atoms with Gasteiger partial charge >= 0.3 is 0 Å². The van der Waals surface area contributed by atoms with Crippen LogP contribution in [0.4, 0.5) is 4.39 Å². The Hall–Kier alpha value is -3.62. The van der Waals surface area contributed by atoms with E-state index in [-0.39, 0.29) is 17.4 Å². The van der Waals surface area contributed by atoms with E-state index in [1.807, 2.05) is 4.90 Å². The van der Waals surface area contributed by atoms with Gasteiger partial charge < -0.3 is 24.4 Å². The highest BCUT2D eigenvalue weighted by Gasteiger charge is 2.28. The van der Waals surface area contributed by atoms with Crippen molar-refractivity contribution >= 4 is 17.9 Å². The van der Waals surface area contributed by atoms with Crippen molar-refractivity contribution in [2.45, 2.75) is 32.1 Å². The number of piperidine rings is 1. The molecule has 2 aromatic rings. The van der Waals surface area contributed by atoms with Crippen LogP contribution >= 0.6 is 0 Å². The number of aromatic nitrogens is 1. The normalized spacial score (nSPS) is 14.1. The molecule has 3 rings (SSSR count). The minimum Gasteiger partial charge on any atom is -0.496 e. The third kappa shape index (κ3) is 7.19. The average Bonchev–Trinajstić information content (AvgIpc) is 2.91. The fraction of sp³-hybridized carbons (Fsp3) is 0.444. The Labute approximate surface area is 211 Å². The molecular weight excluding hydrogens is 465 g/mol. The lowest BCUT2D eigenvalue weighted by molar-refractivity contribution is -0.116. The van der Waals surface area contributed by atoms with E-state index >= 15 is 0 Å². The van der Waals surface area contributed by atoms with E-state index in [2.05, 4.69) is 10.3 Å². The van der Waals surface area contributed by atoms with Crippen molar-refractivity contribution in [3.05, 3.63) is 53.6 Å². The van der Waals surface area contributed by atoms with Gasteiger partial charge in [0.2, 0.25) is 11.9 Å². The van der Waals surface area contributed by atoms with E-state index in [0.29, 0.717) is 48.4 Å². The topological polar surface area (TPSA) is 90.0 Å². The van der Waals surface area contributed by atoms with Gasteiger partial charge in [-0.2, -0.15) is 4.39 Å². The predicted molar refractivity (Wildman–Crippen MR) is 135 cm³/mol. The molecular formula is C27H34FN3O5. The number of nitrogens with zero attached hydrogens (tertiary/aromatic N) is 2. The van der Waals surface area contributed by atoms with Crippen LogP contribution in [0.15, 0.2) is 36.5 Å². The highest BCUT2D eigenvalue weighted by atomic mass is 19.1. The first-order chi connectivity index (χ1) is 17.5. The third-order valence-corrected chi connectivity index (χ3v) is 6.37. The molecule has 0 atom stereocenters. The van der Waals surface area contributed by atoms with Crippen LogP contribution in [0.25, 0.3) is 6.08 Å². The first kappa shape index (κ1) is 27.0. The highest BCUT2D eigenvalue weighted by Crippen LogP contribution is 2.36. The predicted octanol–water partition coefficient (Wildman–Crippen LogP) is 4.10. The molecule has 0 spiro atoms. The van der Waals surface area contributed by atoms with E-state index < -0.39 is 5.95 Å². The fourth-order valence-corrected chi connectivity index (χ4v) is 4.32. The number of hydrogen-bond acceptors (Lipinski definition) is 6. The number of likely N-dealkylation sites (tertiary alicyclic amines) is 1. The summed E-state index contributed by atoms with van der Waals surface area (Å²) < 4.78 is 29.6. The van der Waals surface area contributed by atoms with Gasteiger partial charge in [-0.15, -0.1) is 0 Å². The Kier molecular flexibility index (Phi) is 10.1. The summed E-state index contributed by atoms with van der Waals surface area (Å²) in [4.78, 5) is 30.6. The largest absolute Gasteiger partial charge is 0.496 e. The molecule has 1 aliphatic heterocycles. The zero-order valence-electron chi connectivity index (χ0n) is 21.1. The Balaban J connectivity index is 1.39. The summed E-state index contributed by atoms with van der Waals surface area (Å²) >= 11 is 0. The number of rotatable bonds is 11. The van der Waals surface area contributed by atoms with Crippen LogP contribution in [0.2, 0.25) is 0 Å². The molecule has 1 aromatic heterocycles. The number of pyridine rings is 1. The maximum atomic E-state index is 13.5. The van der Waals surface area contributed by atoms with E-state index in [1.54, 1.807) is 31.4 Å². The first-order valence-corrected chi connectivity index (χ1v) is 12.1. The minimum atomic E-state index is -0.600. The van der Waals surface area contributed by atoms with Gasteiger partial charge in [0.05, 0.1) is 21.3 Å². The Morgan fingerprint density at radius 1 is 1.11 bits per heavy atom. The van der Waals surface area contributed by atoms with Gasteiger partial charge in [-0.1, -0.05) is 12.8 Å². The van der Waals surface area contributed by atoms with E-state index in [9.17, 15) is 14.0 Å². The van der Waals surface area contributed by atoms with Crippen molar-refractivity contribution in [3.8, 4) is 17.2 Å². The Morgan fingerprint density at radius 2 is 1.81 bits per heavy atom. The lowest BCUT2D eigenvalue weighted by Gasteiger charge is -2.32. The van der Waals surface area contributed by atoms with Crippen molar-refractivity contribution in [2.75, 3.05) is 41.0 Å². The molecule has 0 saturated carbocycles. The molecule has 8 nitrogen and oxygen atoms in total. The summed E-state index contributed by atoms with van der Waals surface area (Å²) in [5.74, 6) is 1.01.